The Bertz CT molecular complexity index is 2420. The number of nitrogens with two attached hydrogens (primary N) is 1. The highest BCUT2D eigenvalue weighted by atomic mass is 31.2. The Balaban J connectivity index is 1.26. The molecular formula is C58H80N7O12P. The number of hydrogen-bond acceptors (Lipinski definition) is 14. The highest BCUT2D eigenvalue weighted by Crippen LogP contribution is 2.46. The number of ketones is 1. The van der Waals surface area contributed by atoms with Gasteiger partial charge in [-0.3, -0.25) is 14.4 Å². The number of carbonyl (C=O) groups is 5. The van der Waals surface area contributed by atoms with Crippen LogP contribution in [0.25, 0.3) is 0 Å². The fraction of sp³-hybridized carbons (Fsp3) is 0.483. The van der Waals surface area contributed by atoms with Crippen molar-refractivity contribution in [3.63, 3.8) is 0 Å². The molecule has 4 aromatic carbocycles. The lowest BCUT2D eigenvalue weighted by molar-refractivity contribution is -0.131. The van der Waals surface area contributed by atoms with Crippen LogP contribution in [-0.2, 0) is 49.8 Å². The molecule has 0 aliphatic heterocycles. The van der Waals surface area contributed by atoms with Gasteiger partial charge in [0.1, 0.15) is 23.7 Å². The lowest BCUT2D eigenvalue weighted by Gasteiger charge is -2.36. The zero-order valence-electron chi connectivity index (χ0n) is 46.4. The van der Waals surface area contributed by atoms with E-state index in [0.29, 0.717) is 24.1 Å². The number of ether oxygens (including phenoxy) is 5. The van der Waals surface area contributed by atoms with Crippen LogP contribution in [-0.4, -0.2) is 113 Å². The number of hydrogen-bond donors (Lipinski definition) is 5. The van der Waals surface area contributed by atoms with Crippen LogP contribution in [0.2, 0.25) is 0 Å². The molecule has 0 saturated heterocycles. The largest absolute Gasteiger partial charge is 0.497 e. The first kappa shape index (κ1) is 63.9. The van der Waals surface area contributed by atoms with Crippen molar-refractivity contribution < 1.29 is 56.7 Å². The van der Waals surface area contributed by atoms with E-state index in [0.717, 1.165) is 28.2 Å². The molecule has 0 radical (unpaired) electrons. The van der Waals surface area contributed by atoms with Crippen molar-refractivity contribution in [1.29, 1.82) is 5.26 Å². The quantitative estimate of drug-likeness (QED) is 0.0162. The first-order chi connectivity index (χ1) is 37.5. The van der Waals surface area contributed by atoms with Crippen molar-refractivity contribution in [3.8, 4) is 17.6 Å². The predicted molar refractivity (Wildman–Crippen MR) is 299 cm³/mol. The summed E-state index contributed by atoms with van der Waals surface area (Å²) < 4.78 is 43.2. The van der Waals surface area contributed by atoms with E-state index in [9.17, 15) is 24.0 Å². The predicted octanol–water partition coefficient (Wildman–Crippen LogP) is 9.13. The first-order valence-electron chi connectivity index (χ1n) is 26.5. The molecule has 3 atom stereocenters. The number of nitrogens with zero attached hydrogens (tertiary/aromatic N) is 2. The summed E-state index contributed by atoms with van der Waals surface area (Å²) in [7, 11) is 1.79. The molecule has 0 fully saturated rings. The number of nitrogens with one attached hydrogen (secondary N) is 4. The Kier molecular flexibility index (Phi) is 28.1. The van der Waals surface area contributed by atoms with Crippen molar-refractivity contribution >= 4 is 43.9 Å². The average molecular weight is 1100 g/mol. The second kappa shape index (κ2) is 34.3. The summed E-state index contributed by atoms with van der Waals surface area (Å²) >= 11 is 0. The number of nitriles is 1. The molecule has 0 bridgehead atoms. The Morgan fingerprint density at radius 3 is 1.87 bits per heavy atom. The van der Waals surface area contributed by atoms with Crippen LogP contribution >= 0.6 is 8.53 Å². The Morgan fingerprint density at radius 2 is 1.31 bits per heavy atom. The number of Topliss-reactive ketones (excluding diaryl/α,β-unsaturated/α-hetero) is 1. The minimum Gasteiger partial charge on any atom is -0.497 e. The van der Waals surface area contributed by atoms with Crippen LogP contribution in [0.3, 0.4) is 0 Å². The van der Waals surface area contributed by atoms with Crippen LogP contribution in [0, 0.1) is 23.2 Å². The first-order valence-corrected chi connectivity index (χ1v) is 27.6. The number of rotatable bonds is 36. The molecule has 20 heteroatoms. The summed E-state index contributed by atoms with van der Waals surface area (Å²) in [5.74, 6) is -0.686. The Labute approximate surface area is 461 Å². The van der Waals surface area contributed by atoms with E-state index >= 15 is 0 Å². The maximum Gasteiger partial charge on any atom is 0.407 e. The van der Waals surface area contributed by atoms with Crippen molar-refractivity contribution in [2.75, 3.05) is 65.7 Å². The van der Waals surface area contributed by atoms with Gasteiger partial charge in [-0.05, 0) is 112 Å². The van der Waals surface area contributed by atoms with Crippen LogP contribution in [0.1, 0.15) is 102 Å². The third-order valence-electron chi connectivity index (χ3n) is 12.4. The normalized spacial score (nSPS) is 12.6. The van der Waals surface area contributed by atoms with Gasteiger partial charge in [-0.1, -0.05) is 80.6 Å². The van der Waals surface area contributed by atoms with E-state index in [1.165, 1.54) is 0 Å². The van der Waals surface area contributed by atoms with Gasteiger partial charge in [0.25, 0.3) is 8.53 Å². The number of carbonyl (C=O) groups excluding carboxylic acids is 5. The van der Waals surface area contributed by atoms with Gasteiger partial charge in [0.05, 0.1) is 65.8 Å². The van der Waals surface area contributed by atoms with Gasteiger partial charge in [0, 0.05) is 49.6 Å². The number of anilines is 1. The van der Waals surface area contributed by atoms with Gasteiger partial charge in [-0.25, -0.2) is 14.3 Å². The van der Waals surface area contributed by atoms with Gasteiger partial charge in [0.15, 0.2) is 5.78 Å². The van der Waals surface area contributed by atoms with E-state index in [1.807, 2.05) is 120 Å². The lowest BCUT2D eigenvalue weighted by atomic mass is 9.80. The van der Waals surface area contributed by atoms with Crippen LogP contribution < -0.4 is 36.5 Å². The van der Waals surface area contributed by atoms with Gasteiger partial charge in [-0.2, -0.15) is 5.26 Å². The molecule has 6 N–H and O–H groups in total. The molecule has 19 nitrogen and oxygen atoms in total. The maximum absolute atomic E-state index is 13.9. The van der Waals surface area contributed by atoms with Gasteiger partial charge in [-0.15, -0.1) is 0 Å². The van der Waals surface area contributed by atoms with Crippen molar-refractivity contribution in [1.82, 2.24) is 20.6 Å². The van der Waals surface area contributed by atoms with E-state index in [4.69, 9.17) is 43.7 Å². The summed E-state index contributed by atoms with van der Waals surface area (Å²) in [4.78, 5) is 64.8. The van der Waals surface area contributed by atoms with E-state index in [-0.39, 0.29) is 108 Å². The number of alkyl carbamates (subject to hydrolysis) is 1. The summed E-state index contributed by atoms with van der Waals surface area (Å²) in [5.41, 5.74) is 8.09. The zero-order valence-corrected chi connectivity index (χ0v) is 47.3. The van der Waals surface area contributed by atoms with E-state index in [2.05, 4.69) is 32.0 Å². The third kappa shape index (κ3) is 21.0. The highest BCUT2D eigenvalue weighted by molar-refractivity contribution is 7.44. The molecule has 78 heavy (non-hydrogen) atoms. The summed E-state index contributed by atoms with van der Waals surface area (Å²) in [6.45, 7) is 13.3. The molecule has 5 amide bonds. The van der Waals surface area contributed by atoms with Crippen molar-refractivity contribution in [3.05, 3.63) is 125 Å². The molecule has 0 aliphatic carbocycles. The lowest BCUT2D eigenvalue weighted by Crippen LogP contribution is -2.45. The zero-order chi connectivity index (χ0) is 56.9. The van der Waals surface area contributed by atoms with E-state index < -0.39 is 44.1 Å². The molecule has 424 valence electrons. The molecule has 0 spiro atoms. The summed E-state index contributed by atoms with van der Waals surface area (Å²) in [6, 6.07) is 33.0. The molecule has 1 unspecified atom stereocenters. The molecule has 0 aromatic heterocycles. The Morgan fingerprint density at radius 1 is 0.705 bits per heavy atom. The minimum atomic E-state index is -1.46. The highest BCUT2D eigenvalue weighted by Gasteiger charge is 2.38. The van der Waals surface area contributed by atoms with Crippen LogP contribution in [0.15, 0.2) is 103 Å². The second-order valence-corrected chi connectivity index (χ2v) is 20.7. The SMILES string of the molecule is COc1ccc(C(OCCOCCNC(=O)OCc2ccc(NC(=O)[C@H](CCCNC(N)=O)CC(=O)[C@@H](NC(=O)CCCOP(OCCC#N)N(C(C)C)C(C)C)C(C)C)cc2)(c2ccccc2)c2ccc(OC)cc2)cc1. The molecule has 4 rings (SSSR count). The molecule has 4 aromatic rings. The topological polar surface area (TPSA) is 251 Å². The fourth-order valence-corrected chi connectivity index (χ4v) is 10.2. The standard InChI is InChI=1S/C58H80N7O12P/c1-41(2)54(64-53(67)18-13-34-76-78(77-35-14-31-59)65(42(3)4)43(5)6)52(66)39-45(15-12-32-61-56(60)69)55(68)63-49-25-19-44(20-26-49)40-74-57(70)62-33-36-73-37-38-75-58(46-16-10-9-11-17-46,47-21-27-50(71-7)28-22-47)48-23-29-51(72-8)30-24-48/h9-11,16-17,19-30,41-43,45,54H,12-15,18,32-40H2,1-8H3,(H,62,70)(H,63,68)(H,64,67)(H3,60,61,69)/t45-,54+,78?/m1/s1. The second-order valence-electron chi connectivity index (χ2n) is 19.2. The molecule has 0 saturated carbocycles. The summed E-state index contributed by atoms with van der Waals surface area (Å²) in [6.07, 6.45) is 0.516. The smallest absolute Gasteiger partial charge is 0.407 e. The maximum atomic E-state index is 13.9. The van der Waals surface area contributed by atoms with Crippen molar-refractivity contribution in [2.45, 2.75) is 110 Å². The molecule has 0 aliphatic rings. The third-order valence-corrected chi connectivity index (χ3v) is 14.5. The number of urea groups is 1. The van der Waals surface area contributed by atoms with Gasteiger partial charge >= 0.3 is 12.1 Å². The Hall–Kier alpha value is -6.65. The van der Waals surface area contributed by atoms with Crippen LogP contribution in [0.5, 0.6) is 11.5 Å². The minimum absolute atomic E-state index is 0.0413. The number of methoxy groups -OCH3 is 2. The number of primary amides is 1. The molecule has 0 heterocycles. The van der Waals surface area contributed by atoms with E-state index in [1.54, 1.807) is 38.5 Å². The van der Waals surface area contributed by atoms with Crippen LogP contribution in [0.4, 0.5) is 15.3 Å². The molecular weight excluding hydrogens is 1020 g/mol. The number of benzene rings is 4. The van der Waals surface area contributed by atoms with Crippen molar-refractivity contribution in [2.24, 2.45) is 17.6 Å². The summed E-state index contributed by atoms with van der Waals surface area (Å²) in [5, 5.41) is 20.0. The monoisotopic (exact) mass is 1100 g/mol. The van der Waals surface area contributed by atoms with Gasteiger partial charge in [0.2, 0.25) is 11.8 Å². The number of amides is 5. The van der Waals surface area contributed by atoms with Gasteiger partial charge < -0.3 is 59.7 Å². The fourth-order valence-electron chi connectivity index (χ4n) is 8.59. The average Bonchev–Trinajstić information content (AvgIpc) is 3.50.